The lowest BCUT2D eigenvalue weighted by molar-refractivity contribution is 0.386. The van der Waals surface area contributed by atoms with Crippen molar-refractivity contribution in [2.45, 2.75) is 12.8 Å². The summed E-state index contributed by atoms with van der Waals surface area (Å²) in [6.07, 6.45) is 2.86. The third-order valence-electron chi connectivity index (χ3n) is 2.02. The van der Waals surface area contributed by atoms with E-state index in [9.17, 15) is 9.18 Å². The normalized spacial score (nSPS) is 9.47. The van der Waals surface area contributed by atoms with Gasteiger partial charge in [0.2, 0.25) is 6.08 Å². The summed E-state index contributed by atoms with van der Waals surface area (Å²) in [4.78, 5) is 13.2. The highest BCUT2D eigenvalue weighted by Gasteiger charge is 2.02. The molecular weight excluding hydrogens is 197 g/mol. The SMILES string of the molecule is COc1ccc(CCCN=C=O)cc1F. The highest BCUT2D eigenvalue weighted by atomic mass is 19.1. The zero-order chi connectivity index (χ0) is 11.1. The second kappa shape index (κ2) is 5.94. The number of halogens is 1. The van der Waals surface area contributed by atoms with Gasteiger partial charge in [0.05, 0.1) is 13.7 Å². The summed E-state index contributed by atoms with van der Waals surface area (Å²) >= 11 is 0. The zero-order valence-corrected chi connectivity index (χ0v) is 8.50. The lowest BCUT2D eigenvalue weighted by Gasteiger charge is -2.04. The monoisotopic (exact) mass is 209 g/mol. The van der Waals surface area contributed by atoms with Gasteiger partial charge in [-0.05, 0) is 30.5 Å². The molecule has 1 aromatic rings. The molecule has 0 aliphatic heterocycles. The Labute approximate surface area is 87.6 Å². The number of aryl methyl sites for hydroxylation is 1. The Bertz CT molecular complexity index is 373. The van der Waals surface area contributed by atoms with Gasteiger partial charge in [-0.15, -0.1) is 0 Å². The smallest absolute Gasteiger partial charge is 0.234 e. The van der Waals surface area contributed by atoms with Gasteiger partial charge in [-0.3, -0.25) is 0 Å². The predicted octanol–water partition coefficient (Wildman–Crippen LogP) is 2.10. The largest absolute Gasteiger partial charge is 0.494 e. The van der Waals surface area contributed by atoms with Crippen molar-refractivity contribution in [3.05, 3.63) is 29.6 Å². The number of rotatable bonds is 5. The topological polar surface area (TPSA) is 38.7 Å². The average molecular weight is 209 g/mol. The molecule has 0 N–H and O–H groups in total. The molecule has 0 aromatic heterocycles. The van der Waals surface area contributed by atoms with Gasteiger partial charge < -0.3 is 4.74 Å². The van der Waals surface area contributed by atoms with Crippen molar-refractivity contribution >= 4 is 6.08 Å². The lowest BCUT2D eigenvalue weighted by Crippen LogP contribution is -1.92. The predicted molar refractivity (Wildman–Crippen MR) is 54.3 cm³/mol. The van der Waals surface area contributed by atoms with Gasteiger partial charge >= 0.3 is 0 Å². The number of nitrogens with zero attached hydrogens (tertiary/aromatic N) is 1. The van der Waals surface area contributed by atoms with Crippen molar-refractivity contribution in [3.8, 4) is 5.75 Å². The minimum absolute atomic E-state index is 0.240. The quantitative estimate of drug-likeness (QED) is 0.423. The maximum absolute atomic E-state index is 13.2. The van der Waals surface area contributed by atoms with Crippen molar-refractivity contribution < 1.29 is 13.9 Å². The lowest BCUT2D eigenvalue weighted by atomic mass is 10.1. The molecular formula is C11H12FNO2. The highest BCUT2D eigenvalue weighted by Crippen LogP contribution is 2.18. The van der Waals surface area contributed by atoms with E-state index >= 15 is 0 Å². The summed E-state index contributed by atoms with van der Waals surface area (Å²) in [6, 6.07) is 4.82. The number of hydrogen-bond donors (Lipinski definition) is 0. The van der Waals surface area contributed by atoms with Crippen LogP contribution >= 0.6 is 0 Å². The number of isocyanates is 1. The molecule has 0 atom stereocenters. The van der Waals surface area contributed by atoms with E-state index < -0.39 is 0 Å². The van der Waals surface area contributed by atoms with Gasteiger partial charge in [0, 0.05) is 0 Å². The third kappa shape index (κ3) is 3.52. The van der Waals surface area contributed by atoms with Crippen LogP contribution in [0.3, 0.4) is 0 Å². The molecule has 15 heavy (non-hydrogen) atoms. The van der Waals surface area contributed by atoms with E-state index in [1.165, 1.54) is 19.3 Å². The summed E-state index contributed by atoms with van der Waals surface area (Å²) in [5.74, 6) is -0.126. The van der Waals surface area contributed by atoms with Crippen molar-refractivity contribution in [2.24, 2.45) is 4.99 Å². The average Bonchev–Trinajstić information content (AvgIpc) is 2.25. The molecule has 0 heterocycles. The molecule has 80 valence electrons. The summed E-state index contributed by atoms with van der Waals surface area (Å²) in [6.45, 7) is 0.428. The first-order chi connectivity index (χ1) is 7.27. The minimum Gasteiger partial charge on any atom is -0.494 e. The van der Waals surface area contributed by atoms with E-state index in [4.69, 9.17) is 4.74 Å². The van der Waals surface area contributed by atoms with E-state index in [1.807, 2.05) is 0 Å². The summed E-state index contributed by atoms with van der Waals surface area (Å²) in [5, 5.41) is 0. The second-order valence-electron chi connectivity index (χ2n) is 3.05. The van der Waals surface area contributed by atoms with Crippen LogP contribution in [0.5, 0.6) is 5.75 Å². The molecule has 0 radical (unpaired) electrons. The van der Waals surface area contributed by atoms with E-state index in [1.54, 1.807) is 12.1 Å². The highest BCUT2D eigenvalue weighted by molar-refractivity contribution is 5.33. The summed E-state index contributed by atoms with van der Waals surface area (Å²) in [5.41, 5.74) is 0.870. The molecule has 1 aromatic carbocycles. The van der Waals surface area contributed by atoms with Gasteiger partial charge in [0.15, 0.2) is 11.6 Å². The fraction of sp³-hybridized carbons (Fsp3) is 0.364. The molecule has 0 bridgehead atoms. The minimum atomic E-state index is -0.367. The van der Waals surface area contributed by atoms with Gasteiger partial charge in [0.25, 0.3) is 0 Å². The van der Waals surface area contributed by atoms with E-state index in [0.717, 1.165) is 5.56 Å². The molecule has 0 saturated carbocycles. The first-order valence-corrected chi connectivity index (χ1v) is 4.64. The van der Waals surface area contributed by atoms with Crippen LogP contribution in [0.1, 0.15) is 12.0 Å². The molecule has 1 rings (SSSR count). The van der Waals surface area contributed by atoms with Crippen molar-refractivity contribution in [3.63, 3.8) is 0 Å². The maximum Gasteiger partial charge on any atom is 0.234 e. The molecule has 0 saturated heterocycles. The van der Waals surface area contributed by atoms with E-state index in [-0.39, 0.29) is 11.6 Å². The molecule has 4 heteroatoms. The molecule has 0 aliphatic rings. The van der Waals surface area contributed by atoms with Crippen LogP contribution in [-0.2, 0) is 11.2 Å². The van der Waals surface area contributed by atoms with Crippen LogP contribution in [0.25, 0.3) is 0 Å². The number of hydrogen-bond acceptors (Lipinski definition) is 3. The Hall–Kier alpha value is -1.67. The molecule has 0 amide bonds. The van der Waals surface area contributed by atoms with Gasteiger partial charge in [0.1, 0.15) is 0 Å². The van der Waals surface area contributed by atoms with Crippen LogP contribution in [0, 0.1) is 5.82 Å². The maximum atomic E-state index is 13.2. The van der Waals surface area contributed by atoms with Crippen molar-refractivity contribution in [1.82, 2.24) is 0 Å². The van der Waals surface area contributed by atoms with Gasteiger partial charge in [-0.1, -0.05) is 6.07 Å². The molecule has 0 fully saturated rings. The van der Waals surface area contributed by atoms with Crippen LogP contribution < -0.4 is 4.74 Å². The van der Waals surface area contributed by atoms with Crippen molar-refractivity contribution in [2.75, 3.05) is 13.7 Å². The number of ether oxygens (including phenoxy) is 1. The van der Waals surface area contributed by atoms with Gasteiger partial charge in [-0.25, -0.2) is 14.2 Å². The Balaban J connectivity index is 2.55. The van der Waals surface area contributed by atoms with E-state index in [0.29, 0.717) is 19.4 Å². The van der Waals surface area contributed by atoms with E-state index in [2.05, 4.69) is 4.99 Å². The van der Waals surface area contributed by atoms with Crippen LogP contribution in [0.4, 0.5) is 4.39 Å². The first kappa shape index (κ1) is 11.4. The number of carbonyl (C=O) groups excluding carboxylic acids is 1. The third-order valence-corrected chi connectivity index (χ3v) is 2.02. The second-order valence-corrected chi connectivity index (χ2v) is 3.05. The standard InChI is InChI=1S/C11H12FNO2/c1-15-11-5-4-9(7-10(11)12)3-2-6-13-8-14/h4-5,7H,2-3,6H2,1H3. The van der Waals surface area contributed by atoms with Crippen LogP contribution in [0.2, 0.25) is 0 Å². The molecule has 0 unspecified atom stereocenters. The molecule has 0 aliphatic carbocycles. The fourth-order valence-electron chi connectivity index (χ4n) is 1.27. The number of aliphatic imine (C=N–C) groups is 1. The first-order valence-electron chi connectivity index (χ1n) is 4.64. The number of benzene rings is 1. The van der Waals surface area contributed by atoms with Gasteiger partial charge in [-0.2, -0.15) is 0 Å². The Morgan fingerprint density at radius 2 is 2.33 bits per heavy atom. The van der Waals surface area contributed by atoms with Crippen molar-refractivity contribution in [1.29, 1.82) is 0 Å². The molecule has 3 nitrogen and oxygen atoms in total. The zero-order valence-electron chi connectivity index (χ0n) is 8.50. The molecule has 0 spiro atoms. The Kier molecular flexibility index (Phi) is 4.51. The fourth-order valence-corrected chi connectivity index (χ4v) is 1.27. The number of methoxy groups -OCH3 is 1. The summed E-state index contributed by atoms with van der Waals surface area (Å²) in [7, 11) is 1.43. The van der Waals surface area contributed by atoms with Crippen LogP contribution in [-0.4, -0.2) is 19.7 Å². The van der Waals surface area contributed by atoms with Crippen LogP contribution in [0.15, 0.2) is 23.2 Å². The Morgan fingerprint density at radius 3 is 2.93 bits per heavy atom. The summed E-state index contributed by atoms with van der Waals surface area (Å²) < 4.78 is 18.0. The Morgan fingerprint density at radius 1 is 1.53 bits per heavy atom.